The molecule has 0 fully saturated rings. The minimum absolute atomic E-state index is 0.0654. The molecule has 13 heavy (non-hydrogen) atoms. The molecule has 1 nitrogen and oxygen atoms in total. The van der Waals surface area contributed by atoms with Gasteiger partial charge >= 0.3 is 6.61 Å². The lowest BCUT2D eigenvalue weighted by Gasteiger charge is -2.08. The van der Waals surface area contributed by atoms with Gasteiger partial charge in [0.15, 0.2) is 0 Å². The van der Waals surface area contributed by atoms with E-state index in [9.17, 15) is 13.2 Å². The van der Waals surface area contributed by atoms with Crippen LogP contribution in [0.3, 0.4) is 0 Å². The molecule has 0 heterocycles. The summed E-state index contributed by atoms with van der Waals surface area (Å²) in [5.41, 5.74) is 0.295. The van der Waals surface area contributed by atoms with Crippen molar-refractivity contribution in [2.24, 2.45) is 0 Å². The van der Waals surface area contributed by atoms with Crippen molar-refractivity contribution in [1.29, 1.82) is 0 Å². The Morgan fingerprint density at radius 3 is 2.54 bits per heavy atom. The molecule has 0 spiro atoms. The quantitative estimate of drug-likeness (QED) is 0.727. The van der Waals surface area contributed by atoms with Gasteiger partial charge in [0.05, 0.1) is 5.02 Å². The van der Waals surface area contributed by atoms with Crippen LogP contribution in [0.5, 0.6) is 5.75 Å². The van der Waals surface area contributed by atoms with E-state index in [1.807, 2.05) is 0 Å². The third-order valence-electron chi connectivity index (χ3n) is 1.48. The van der Waals surface area contributed by atoms with Crippen LogP contribution < -0.4 is 4.74 Å². The van der Waals surface area contributed by atoms with Gasteiger partial charge in [0.1, 0.15) is 11.6 Å². The molecule has 0 saturated carbocycles. The van der Waals surface area contributed by atoms with Crippen LogP contribution in [0, 0.1) is 12.7 Å². The fourth-order valence-corrected chi connectivity index (χ4v) is 1.04. The predicted molar refractivity (Wildman–Crippen MR) is 42.8 cm³/mol. The van der Waals surface area contributed by atoms with Gasteiger partial charge in [-0.15, -0.1) is 0 Å². The summed E-state index contributed by atoms with van der Waals surface area (Å²) in [6, 6.07) is 1.91. The Balaban J connectivity index is 3.05. The number of alkyl halides is 2. The smallest absolute Gasteiger partial charge is 0.387 e. The number of halogens is 4. The average molecular weight is 211 g/mol. The van der Waals surface area contributed by atoms with E-state index in [0.717, 1.165) is 12.1 Å². The molecular weight excluding hydrogens is 205 g/mol. The summed E-state index contributed by atoms with van der Waals surface area (Å²) in [7, 11) is 0. The second-order valence-corrected chi connectivity index (χ2v) is 2.80. The first-order valence-corrected chi connectivity index (χ1v) is 3.79. The minimum atomic E-state index is -2.98. The molecule has 0 aromatic heterocycles. The maximum atomic E-state index is 12.6. The summed E-state index contributed by atoms with van der Waals surface area (Å²) in [6.07, 6.45) is 0. The summed E-state index contributed by atoms with van der Waals surface area (Å²) in [5.74, 6) is -0.939. The van der Waals surface area contributed by atoms with E-state index < -0.39 is 12.4 Å². The molecule has 1 aromatic carbocycles. The zero-order chi connectivity index (χ0) is 10.0. The van der Waals surface area contributed by atoms with Gasteiger partial charge in [0.25, 0.3) is 0 Å². The van der Waals surface area contributed by atoms with Crippen molar-refractivity contribution in [3.63, 3.8) is 0 Å². The number of ether oxygens (including phenoxy) is 1. The van der Waals surface area contributed by atoms with Gasteiger partial charge in [-0.05, 0) is 13.0 Å². The Morgan fingerprint density at radius 2 is 2.00 bits per heavy atom. The number of benzene rings is 1. The van der Waals surface area contributed by atoms with Gasteiger partial charge in [-0.25, -0.2) is 4.39 Å². The lowest BCUT2D eigenvalue weighted by atomic mass is 10.2. The maximum absolute atomic E-state index is 12.6. The normalized spacial score (nSPS) is 10.6. The molecule has 0 N–H and O–H groups in total. The lowest BCUT2D eigenvalue weighted by molar-refractivity contribution is -0.0504. The van der Waals surface area contributed by atoms with Crippen LogP contribution in [-0.4, -0.2) is 6.61 Å². The van der Waals surface area contributed by atoms with Gasteiger partial charge < -0.3 is 4.74 Å². The Labute approximate surface area is 78.1 Å². The first kappa shape index (κ1) is 10.2. The molecule has 1 aromatic rings. The zero-order valence-electron chi connectivity index (χ0n) is 6.65. The van der Waals surface area contributed by atoms with Crippen molar-refractivity contribution in [3.8, 4) is 5.75 Å². The van der Waals surface area contributed by atoms with Crippen molar-refractivity contribution < 1.29 is 17.9 Å². The molecule has 0 aliphatic heterocycles. The number of rotatable bonds is 2. The summed E-state index contributed by atoms with van der Waals surface area (Å²) in [6.45, 7) is -1.50. The summed E-state index contributed by atoms with van der Waals surface area (Å²) >= 11 is 5.54. The largest absolute Gasteiger partial charge is 0.434 e. The number of hydrogen-bond acceptors (Lipinski definition) is 1. The van der Waals surface area contributed by atoms with Crippen LogP contribution >= 0.6 is 11.6 Å². The SMILES string of the molecule is Cc1c(Cl)cc(F)cc1OC(F)F. The van der Waals surface area contributed by atoms with Crippen molar-refractivity contribution in [3.05, 3.63) is 28.5 Å². The van der Waals surface area contributed by atoms with E-state index in [4.69, 9.17) is 11.6 Å². The molecule has 0 unspecified atom stereocenters. The van der Waals surface area contributed by atoms with Crippen molar-refractivity contribution in [1.82, 2.24) is 0 Å². The molecule has 72 valence electrons. The number of hydrogen-bond donors (Lipinski definition) is 0. The second kappa shape index (κ2) is 3.87. The van der Waals surface area contributed by atoms with Gasteiger partial charge in [-0.1, -0.05) is 11.6 Å². The van der Waals surface area contributed by atoms with E-state index in [2.05, 4.69) is 4.74 Å². The van der Waals surface area contributed by atoms with Crippen molar-refractivity contribution >= 4 is 11.6 Å². The third kappa shape index (κ3) is 2.52. The Kier molecular flexibility index (Phi) is 3.03. The van der Waals surface area contributed by atoms with E-state index >= 15 is 0 Å². The van der Waals surface area contributed by atoms with Crippen LogP contribution in [0.4, 0.5) is 13.2 Å². The van der Waals surface area contributed by atoms with Gasteiger partial charge in [-0.2, -0.15) is 8.78 Å². The second-order valence-electron chi connectivity index (χ2n) is 2.39. The van der Waals surface area contributed by atoms with E-state index in [-0.39, 0.29) is 10.8 Å². The van der Waals surface area contributed by atoms with Gasteiger partial charge in [-0.3, -0.25) is 0 Å². The van der Waals surface area contributed by atoms with Crippen LogP contribution in [0.2, 0.25) is 5.02 Å². The first-order valence-electron chi connectivity index (χ1n) is 3.41. The van der Waals surface area contributed by atoms with E-state index in [0.29, 0.717) is 5.56 Å². The third-order valence-corrected chi connectivity index (χ3v) is 1.87. The van der Waals surface area contributed by atoms with Gasteiger partial charge in [0, 0.05) is 11.6 Å². The molecule has 0 aliphatic carbocycles. The highest BCUT2D eigenvalue weighted by Crippen LogP contribution is 2.28. The molecule has 1 rings (SSSR count). The van der Waals surface area contributed by atoms with E-state index in [1.54, 1.807) is 0 Å². The molecule has 0 saturated heterocycles. The van der Waals surface area contributed by atoms with Crippen LogP contribution in [-0.2, 0) is 0 Å². The molecule has 5 heteroatoms. The zero-order valence-corrected chi connectivity index (χ0v) is 7.41. The standard InChI is InChI=1S/C8H6ClF3O/c1-4-6(9)2-5(10)3-7(4)13-8(11)12/h2-3,8H,1H3. The Hall–Kier alpha value is -0.900. The van der Waals surface area contributed by atoms with Gasteiger partial charge in [0.2, 0.25) is 0 Å². The molecule has 0 aliphatic rings. The summed E-state index contributed by atoms with van der Waals surface area (Å²) in [5, 5.41) is 0.0654. The van der Waals surface area contributed by atoms with Crippen molar-refractivity contribution in [2.75, 3.05) is 0 Å². The Morgan fingerprint density at radius 1 is 1.38 bits per heavy atom. The molecule has 0 atom stereocenters. The predicted octanol–water partition coefficient (Wildman–Crippen LogP) is 3.39. The average Bonchev–Trinajstić information content (AvgIpc) is 1.98. The fourth-order valence-electron chi connectivity index (χ4n) is 0.841. The lowest BCUT2D eigenvalue weighted by Crippen LogP contribution is -2.03. The first-order chi connectivity index (χ1) is 6.00. The van der Waals surface area contributed by atoms with Crippen LogP contribution in [0.25, 0.3) is 0 Å². The van der Waals surface area contributed by atoms with E-state index in [1.165, 1.54) is 6.92 Å². The molecular formula is C8H6ClF3O. The molecule has 0 amide bonds. The summed E-state index contributed by atoms with van der Waals surface area (Å²) < 4.78 is 40.3. The fraction of sp³-hybridized carbons (Fsp3) is 0.250. The highest BCUT2D eigenvalue weighted by atomic mass is 35.5. The maximum Gasteiger partial charge on any atom is 0.387 e. The summed E-state index contributed by atoms with van der Waals surface area (Å²) in [4.78, 5) is 0. The Bertz CT molecular complexity index is 315. The highest BCUT2D eigenvalue weighted by Gasteiger charge is 2.11. The van der Waals surface area contributed by atoms with Crippen molar-refractivity contribution in [2.45, 2.75) is 13.5 Å². The topological polar surface area (TPSA) is 9.23 Å². The monoisotopic (exact) mass is 210 g/mol. The highest BCUT2D eigenvalue weighted by molar-refractivity contribution is 6.31. The molecule has 0 radical (unpaired) electrons. The molecule has 0 bridgehead atoms. The minimum Gasteiger partial charge on any atom is -0.434 e. The van der Waals surface area contributed by atoms with Crippen LogP contribution in [0.1, 0.15) is 5.56 Å². The van der Waals surface area contributed by atoms with Crippen LogP contribution in [0.15, 0.2) is 12.1 Å².